The van der Waals surface area contributed by atoms with Gasteiger partial charge < -0.3 is 14.0 Å². The summed E-state index contributed by atoms with van der Waals surface area (Å²) in [5.41, 5.74) is 2.46. The van der Waals surface area contributed by atoms with Crippen LogP contribution in [0.4, 0.5) is 0 Å². The lowest BCUT2D eigenvalue weighted by atomic mass is 10.1. The smallest absolute Gasteiger partial charge is 0.337 e. The van der Waals surface area contributed by atoms with Crippen molar-refractivity contribution in [2.45, 2.75) is 26.3 Å². The van der Waals surface area contributed by atoms with E-state index in [1.54, 1.807) is 24.3 Å². The third-order valence-corrected chi connectivity index (χ3v) is 6.73. The van der Waals surface area contributed by atoms with E-state index in [4.69, 9.17) is 4.74 Å². The van der Waals surface area contributed by atoms with Crippen LogP contribution in [0.5, 0.6) is 5.75 Å². The lowest BCUT2D eigenvalue weighted by Crippen LogP contribution is -2.16. The highest BCUT2D eigenvalue weighted by Crippen LogP contribution is 2.29. The second kappa shape index (κ2) is 7.79. The van der Waals surface area contributed by atoms with Crippen molar-refractivity contribution < 1.29 is 27.5 Å². The van der Waals surface area contributed by atoms with Crippen LogP contribution in [0.25, 0.3) is 0 Å². The van der Waals surface area contributed by atoms with Crippen LogP contribution < -0.4 is 4.74 Å². The van der Waals surface area contributed by atoms with Crippen molar-refractivity contribution in [1.82, 2.24) is 4.57 Å². The van der Waals surface area contributed by atoms with Gasteiger partial charge in [0.2, 0.25) is 5.78 Å². The number of hydrogen-bond acceptors (Lipinski definition) is 6. The fourth-order valence-electron chi connectivity index (χ4n) is 3.66. The number of esters is 1. The van der Waals surface area contributed by atoms with Gasteiger partial charge in [0, 0.05) is 23.0 Å². The van der Waals surface area contributed by atoms with Gasteiger partial charge in [-0.25, -0.2) is 13.2 Å². The van der Waals surface area contributed by atoms with Crippen molar-refractivity contribution in [3.05, 3.63) is 52.8 Å². The van der Waals surface area contributed by atoms with Gasteiger partial charge in [0.25, 0.3) is 0 Å². The molecule has 2 heterocycles. The molecule has 28 heavy (non-hydrogen) atoms. The molecule has 150 valence electrons. The summed E-state index contributed by atoms with van der Waals surface area (Å²) in [5, 5.41) is 0. The molecule has 7 nitrogen and oxygen atoms in total. The highest BCUT2D eigenvalue weighted by atomic mass is 32.2. The number of carbonyl (C=O) groups excluding carboxylic acids is 2. The van der Waals surface area contributed by atoms with Crippen LogP contribution in [0.1, 0.15) is 44.6 Å². The maximum Gasteiger partial charge on any atom is 0.337 e. The van der Waals surface area contributed by atoms with Gasteiger partial charge in [0.1, 0.15) is 5.75 Å². The molecule has 1 aromatic heterocycles. The van der Waals surface area contributed by atoms with E-state index in [0.717, 1.165) is 11.4 Å². The number of Topliss-reactive ketones (excluding diaryl/α,β-unsaturated/α-hetero) is 1. The Morgan fingerprint density at radius 2 is 1.96 bits per heavy atom. The first-order chi connectivity index (χ1) is 13.2. The van der Waals surface area contributed by atoms with Crippen molar-refractivity contribution in [3.63, 3.8) is 0 Å². The van der Waals surface area contributed by atoms with Crippen LogP contribution in [0.2, 0.25) is 0 Å². The Labute approximate surface area is 164 Å². The van der Waals surface area contributed by atoms with Gasteiger partial charge >= 0.3 is 5.97 Å². The quantitative estimate of drug-likeness (QED) is 0.542. The summed E-state index contributed by atoms with van der Waals surface area (Å²) in [6.07, 6.45) is 0.559. The lowest BCUT2D eigenvalue weighted by Gasteiger charge is -2.16. The Morgan fingerprint density at radius 3 is 2.61 bits per heavy atom. The first-order valence-corrected chi connectivity index (χ1v) is 10.8. The minimum atomic E-state index is -3.02. The van der Waals surface area contributed by atoms with Gasteiger partial charge in [-0.05, 0) is 44.5 Å². The standard InChI is InChI=1S/C20H23NO6S/c1-13-9-18(14(2)21(13)16-7-8-28(24,25)12-16)19(22)11-27-17-6-4-5-15(10-17)20(23)26-3/h4-6,9-10,16H,7-8,11-12H2,1-3H3/t16-/m1/s1. The van der Waals surface area contributed by atoms with E-state index in [1.165, 1.54) is 13.2 Å². The minimum absolute atomic E-state index is 0.105. The zero-order valence-electron chi connectivity index (χ0n) is 16.1. The van der Waals surface area contributed by atoms with Gasteiger partial charge in [-0.15, -0.1) is 0 Å². The lowest BCUT2D eigenvalue weighted by molar-refractivity contribution is 0.0600. The number of carbonyl (C=O) groups is 2. The van der Waals surface area contributed by atoms with Crippen molar-refractivity contribution in [1.29, 1.82) is 0 Å². The molecular weight excluding hydrogens is 382 g/mol. The van der Waals surface area contributed by atoms with Crippen molar-refractivity contribution in [2.75, 3.05) is 25.2 Å². The number of aromatic nitrogens is 1. The molecule has 0 spiro atoms. The first kappa shape index (κ1) is 20.1. The third-order valence-electron chi connectivity index (χ3n) is 4.98. The van der Waals surface area contributed by atoms with E-state index in [0.29, 0.717) is 23.3 Å². The molecule has 1 saturated heterocycles. The summed E-state index contributed by atoms with van der Waals surface area (Å²) in [6, 6.07) is 8.07. The van der Waals surface area contributed by atoms with Gasteiger partial charge in [0.15, 0.2) is 16.4 Å². The maximum absolute atomic E-state index is 12.7. The van der Waals surface area contributed by atoms with E-state index < -0.39 is 15.8 Å². The first-order valence-electron chi connectivity index (χ1n) is 8.95. The van der Waals surface area contributed by atoms with E-state index >= 15 is 0 Å². The number of ketones is 1. The largest absolute Gasteiger partial charge is 0.485 e. The molecule has 0 bridgehead atoms. The molecule has 0 amide bonds. The number of benzene rings is 1. The average molecular weight is 405 g/mol. The molecule has 1 atom stereocenters. The molecule has 3 rings (SSSR count). The number of methoxy groups -OCH3 is 1. The minimum Gasteiger partial charge on any atom is -0.485 e. The fourth-order valence-corrected chi connectivity index (χ4v) is 5.36. The van der Waals surface area contributed by atoms with Gasteiger partial charge in [-0.1, -0.05) is 6.07 Å². The number of ether oxygens (including phenoxy) is 2. The molecule has 1 aliphatic heterocycles. The number of nitrogens with zero attached hydrogens (tertiary/aromatic N) is 1. The SMILES string of the molecule is COC(=O)c1cccc(OCC(=O)c2cc(C)n([C@@H]3CCS(=O)(=O)C3)c2C)c1. The fraction of sp³-hybridized carbons (Fsp3) is 0.400. The summed E-state index contributed by atoms with van der Waals surface area (Å²) in [6.45, 7) is 3.51. The summed E-state index contributed by atoms with van der Waals surface area (Å²) in [7, 11) is -1.72. The zero-order valence-corrected chi connectivity index (χ0v) is 16.9. The van der Waals surface area contributed by atoms with Crippen LogP contribution in [0, 0.1) is 13.8 Å². The molecule has 0 N–H and O–H groups in total. The van der Waals surface area contributed by atoms with E-state index in [-0.39, 0.29) is 29.9 Å². The van der Waals surface area contributed by atoms with Crippen molar-refractivity contribution >= 4 is 21.6 Å². The molecule has 8 heteroatoms. The Bertz CT molecular complexity index is 1020. The molecule has 0 saturated carbocycles. The Hall–Kier alpha value is -2.61. The zero-order chi connectivity index (χ0) is 20.5. The second-order valence-electron chi connectivity index (χ2n) is 6.94. The van der Waals surface area contributed by atoms with Crippen LogP contribution in [0.15, 0.2) is 30.3 Å². The third kappa shape index (κ3) is 4.11. The Kier molecular flexibility index (Phi) is 5.60. The molecule has 1 fully saturated rings. The predicted molar refractivity (Wildman–Crippen MR) is 104 cm³/mol. The molecule has 1 aliphatic rings. The van der Waals surface area contributed by atoms with Crippen molar-refractivity contribution in [3.8, 4) is 5.75 Å². The second-order valence-corrected chi connectivity index (χ2v) is 9.17. The molecule has 0 radical (unpaired) electrons. The highest BCUT2D eigenvalue weighted by Gasteiger charge is 2.31. The highest BCUT2D eigenvalue weighted by molar-refractivity contribution is 7.91. The van der Waals surface area contributed by atoms with Crippen LogP contribution in [-0.2, 0) is 14.6 Å². The van der Waals surface area contributed by atoms with Crippen LogP contribution in [0.3, 0.4) is 0 Å². The van der Waals surface area contributed by atoms with E-state index in [2.05, 4.69) is 4.74 Å². The van der Waals surface area contributed by atoms with E-state index in [9.17, 15) is 18.0 Å². The average Bonchev–Trinajstić information content (AvgIpc) is 3.17. The summed E-state index contributed by atoms with van der Waals surface area (Å²) < 4.78 is 35.8. The van der Waals surface area contributed by atoms with Crippen LogP contribution in [-0.4, -0.2) is 50.0 Å². The van der Waals surface area contributed by atoms with Gasteiger partial charge in [-0.3, -0.25) is 4.79 Å². The van der Waals surface area contributed by atoms with Crippen LogP contribution >= 0.6 is 0 Å². The molecule has 0 aliphatic carbocycles. The normalized spacial score (nSPS) is 18.0. The van der Waals surface area contributed by atoms with Crippen molar-refractivity contribution in [2.24, 2.45) is 0 Å². The molecule has 2 aromatic rings. The monoisotopic (exact) mass is 405 g/mol. The van der Waals surface area contributed by atoms with Gasteiger partial charge in [0.05, 0.1) is 24.2 Å². The number of sulfone groups is 1. The number of hydrogen-bond donors (Lipinski definition) is 0. The Balaban J connectivity index is 1.74. The predicted octanol–water partition coefficient (Wildman–Crippen LogP) is 2.51. The maximum atomic E-state index is 12.7. The summed E-state index contributed by atoms with van der Waals surface area (Å²) >= 11 is 0. The number of rotatable bonds is 6. The molecular formula is C20H23NO6S. The topological polar surface area (TPSA) is 91.7 Å². The van der Waals surface area contributed by atoms with Gasteiger partial charge in [-0.2, -0.15) is 0 Å². The molecule has 0 unspecified atom stereocenters. The number of aryl methyl sites for hydroxylation is 1. The molecule has 1 aromatic carbocycles. The Morgan fingerprint density at radius 1 is 1.21 bits per heavy atom. The van der Waals surface area contributed by atoms with E-state index in [1.807, 2.05) is 18.4 Å². The summed E-state index contributed by atoms with van der Waals surface area (Å²) in [5.74, 6) is -0.00619. The summed E-state index contributed by atoms with van der Waals surface area (Å²) in [4.78, 5) is 24.3.